The predicted molar refractivity (Wildman–Crippen MR) is 130 cm³/mol. The third kappa shape index (κ3) is 4.13. The van der Waals surface area contributed by atoms with Gasteiger partial charge in [-0.3, -0.25) is 9.69 Å². The van der Waals surface area contributed by atoms with Crippen LogP contribution in [0.1, 0.15) is 32.6 Å². The molecule has 2 aliphatic rings. The molecule has 0 radical (unpaired) electrons. The largest absolute Gasteiger partial charge is 0.497 e. The van der Waals surface area contributed by atoms with Gasteiger partial charge in [-0.2, -0.15) is 0 Å². The van der Waals surface area contributed by atoms with E-state index in [1.807, 2.05) is 55.5 Å². The lowest BCUT2D eigenvalue weighted by Crippen LogP contribution is -2.34. The fourth-order valence-electron chi connectivity index (χ4n) is 4.49. The molecule has 34 heavy (non-hydrogen) atoms. The predicted octanol–water partition coefficient (Wildman–Crippen LogP) is 5.02. The maximum Gasteiger partial charge on any atom is 0.232 e. The molecule has 6 heteroatoms. The summed E-state index contributed by atoms with van der Waals surface area (Å²) in [7, 11) is 3.31. The first-order valence-corrected chi connectivity index (χ1v) is 11.3. The first-order valence-electron chi connectivity index (χ1n) is 11.3. The molecular weight excluding hydrogens is 430 g/mol. The number of ketones is 1. The van der Waals surface area contributed by atoms with E-state index < -0.39 is 0 Å². The van der Waals surface area contributed by atoms with Gasteiger partial charge in [-0.05, 0) is 60.4 Å². The monoisotopic (exact) mass is 457 g/mol. The van der Waals surface area contributed by atoms with Gasteiger partial charge in [0.05, 0.1) is 25.3 Å². The van der Waals surface area contributed by atoms with Crippen molar-refractivity contribution in [3.8, 4) is 23.0 Å². The number of ether oxygens (including phenoxy) is 4. The molecule has 0 unspecified atom stereocenters. The molecular formula is C28H27NO5. The normalized spacial score (nSPS) is 16.0. The number of Topliss-reactive ketones (excluding diaryl/α,β-unsaturated/α-hetero) is 1. The smallest absolute Gasteiger partial charge is 0.232 e. The summed E-state index contributed by atoms with van der Waals surface area (Å²) in [5, 5.41) is 0. The summed E-state index contributed by atoms with van der Waals surface area (Å²) in [6.07, 6.45) is 2.59. The van der Waals surface area contributed by atoms with Gasteiger partial charge in [-0.15, -0.1) is 0 Å². The van der Waals surface area contributed by atoms with Crippen LogP contribution in [0.3, 0.4) is 0 Å². The number of methoxy groups -OCH3 is 2. The van der Waals surface area contributed by atoms with Crippen LogP contribution in [-0.4, -0.2) is 38.2 Å². The number of nitrogens with zero attached hydrogens (tertiary/aromatic N) is 1. The summed E-state index contributed by atoms with van der Waals surface area (Å²) >= 11 is 0. The molecule has 0 aromatic heterocycles. The fourth-order valence-corrected chi connectivity index (χ4v) is 4.49. The lowest BCUT2D eigenvalue weighted by Gasteiger charge is -2.30. The van der Waals surface area contributed by atoms with E-state index in [-0.39, 0.29) is 5.78 Å². The van der Waals surface area contributed by atoms with E-state index in [0.29, 0.717) is 30.3 Å². The van der Waals surface area contributed by atoms with Crippen LogP contribution < -0.4 is 18.9 Å². The van der Waals surface area contributed by atoms with Crippen molar-refractivity contribution in [2.75, 3.05) is 27.5 Å². The van der Waals surface area contributed by atoms with Gasteiger partial charge in [0.1, 0.15) is 29.7 Å². The summed E-state index contributed by atoms with van der Waals surface area (Å²) in [4.78, 5) is 15.4. The molecule has 174 valence electrons. The minimum atomic E-state index is -0.107. The Balaban J connectivity index is 1.39. The van der Waals surface area contributed by atoms with E-state index in [4.69, 9.17) is 18.9 Å². The van der Waals surface area contributed by atoms with Crippen molar-refractivity contribution in [1.82, 2.24) is 4.90 Å². The lowest BCUT2D eigenvalue weighted by molar-refractivity contribution is 0.0947. The molecule has 5 rings (SSSR count). The quantitative estimate of drug-likeness (QED) is 0.485. The zero-order chi connectivity index (χ0) is 23.7. The van der Waals surface area contributed by atoms with Gasteiger partial charge in [0.15, 0.2) is 5.76 Å². The Morgan fingerprint density at radius 3 is 2.74 bits per heavy atom. The Labute approximate surface area is 199 Å². The number of aryl methyl sites for hydroxylation is 1. The van der Waals surface area contributed by atoms with E-state index in [0.717, 1.165) is 52.5 Å². The van der Waals surface area contributed by atoms with Crippen molar-refractivity contribution in [2.45, 2.75) is 19.9 Å². The average molecular weight is 458 g/mol. The van der Waals surface area contributed by atoms with Gasteiger partial charge >= 0.3 is 0 Å². The SMILES string of the molecule is COc1cccc(/C=C2\Oc3c4c(cc(C)c3C2=O)OCN(CCc2ccccc2OC)C4)c1. The molecule has 3 aromatic carbocycles. The standard InChI is InChI=1S/C28H27NO5/c1-18-13-24-22(16-29(17-33-24)12-11-20-8-4-5-10-23(20)32-3)28-26(18)27(30)25(34-28)15-19-7-6-9-21(14-19)31-2/h4-10,13-15H,11-12,16-17H2,1-3H3/b25-15-. The zero-order valence-electron chi connectivity index (χ0n) is 19.6. The number of rotatable bonds is 6. The molecule has 2 heterocycles. The van der Waals surface area contributed by atoms with E-state index in [1.165, 1.54) is 0 Å². The highest BCUT2D eigenvalue weighted by Gasteiger charge is 2.35. The van der Waals surface area contributed by atoms with Crippen LogP contribution in [0, 0.1) is 6.92 Å². The summed E-state index contributed by atoms with van der Waals surface area (Å²) in [6, 6.07) is 17.5. The molecule has 2 aliphatic heterocycles. The molecule has 0 saturated heterocycles. The Morgan fingerprint density at radius 2 is 1.91 bits per heavy atom. The maximum absolute atomic E-state index is 13.2. The number of carbonyl (C=O) groups is 1. The average Bonchev–Trinajstić information content (AvgIpc) is 3.19. The van der Waals surface area contributed by atoms with Gasteiger partial charge in [0.25, 0.3) is 0 Å². The zero-order valence-corrected chi connectivity index (χ0v) is 19.6. The van der Waals surface area contributed by atoms with Crippen LogP contribution in [-0.2, 0) is 13.0 Å². The second kappa shape index (κ2) is 9.23. The van der Waals surface area contributed by atoms with E-state index in [9.17, 15) is 4.79 Å². The summed E-state index contributed by atoms with van der Waals surface area (Å²) in [5.41, 5.74) is 4.38. The van der Waals surface area contributed by atoms with Crippen molar-refractivity contribution in [3.63, 3.8) is 0 Å². The fraction of sp³-hybridized carbons (Fsp3) is 0.250. The summed E-state index contributed by atoms with van der Waals surface area (Å²) in [5.74, 6) is 3.20. The van der Waals surface area contributed by atoms with Crippen LogP contribution in [0.2, 0.25) is 0 Å². The topological polar surface area (TPSA) is 57.2 Å². The van der Waals surface area contributed by atoms with Crippen molar-refractivity contribution < 1.29 is 23.7 Å². The Hall–Kier alpha value is -3.77. The van der Waals surface area contributed by atoms with Crippen LogP contribution in [0.5, 0.6) is 23.0 Å². The highest BCUT2D eigenvalue weighted by molar-refractivity contribution is 6.15. The minimum Gasteiger partial charge on any atom is -0.497 e. The van der Waals surface area contributed by atoms with Gasteiger partial charge in [0, 0.05) is 13.1 Å². The highest BCUT2D eigenvalue weighted by Crippen LogP contribution is 2.44. The maximum atomic E-state index is 13.2. The Bertz CT molecular complexity index is 1280. The molecule has 3 aromatic rings. The number of carbonyl (C=O) groups excluding carboxylic acids is 1. The van der Waals surface area contributed by atoms with Crippen molar-refractivity contribution >= 4 is 11.9 Å². The van der Waals surface area contributed by atoms with Gasteiger partial charge < -0.3 is 18.9 Å². The molecule has 0 amide bonds. The van der Waals surface area contributed by atoms with Crippen molar-refractivity contribution in [2.24, 2.45) is 0 Å². The van der Waals surface area contributed by atoms with Gasteiger partial charge in [0.2, 0.25) is 5.78 Å². The number of hydrogen-bond acceptors (Lipinski definition) is 6. The van der Waals surface area contributed by atoms with Crippen LogP contribution in [0.4, 0.5) is 0 Å². The summed E-state index contributed by atoms with van der Waals surface area (Å²) in [6.45, 7) is 3.85. The van der Waals surface area contributed by atoms with Gasteiger partial charge in [-0.25, -0.2) is 0 Å². The highest BCUT2D eigenvalue weighted by atomic mass is 16.5. The first kappa shape index (κ1) is 22.0. The third-order valence-electron chi connectivity index (χ3n) is 6.27. The molecule has 0 spiro atoms. The second-order valence-corrected chi connectivity index (χ2v) is 8.48. The molecule has 0 atom stereocenters. The number of benzene rings is 3. The Morgan fingerprint density at radius 1 is 1.06 bits per heavy atom. The van der Waals surface area contributed by atoms with Crippen LogP contribution in [0.15, 0.2) is 60.4 Å². The molecule has 0 bridgehead atoms. The third-order valence-corrected chi connectivity index (χ3v) is 6.27. The van der Waals surface area contributed by atoms with Crippen molar-refractivity contribution in [1.29, 1.82) is 0 Å². The van der Waals surface area contributed by atoms with Crippen LogP contribution in [0.25, 0.3) is 6.08 Å². The molecule has 0 saturated carbocycles. The molecule has 6 nitrogen and oxygen atoms in total. The Kier molecular flexibility index (Phi) is 5.99. The molecule has 0 N–H and O–H groups in total. The number of para-hydroxylation sites is 1. The lowest BCUT2D eigenvalue weighted by atomic mass is 9.98. The van der Waals surface area contributed by atoms with Crippen LogP contribution >= 0.6 is 0 Å². The molecule has 0 aliphatic carbocycles. The second-order valence-electron chi connectivity index (χ2n) is 8.48. The van der Waals surface area contributed by atoms with Gasteiger partial charge in [-0.1, -0.05) is 30.3 Å². The van der Waals surface area contributed by atoms with E-state index >= 15 is 0 Å². The number of hydrogen-bond donors (Lipinski definition) is 0. The number of fused-ring (bicyclic) bond motifs is 3. The van der Waals surface area contributed by atoms with E-state index in [2.05, 4.69) is 11.0 Å². The minimum absolute atomic E-state index is 0.107. The summed E-state index contributed by atoms with van der Waals surface area (Å²) < 4.78 is 23.0. The van der Waals surface area contributed by atoms with E-state index in [1.54, 1.807) is 20.3 Å². The first-order chi connectivity index (χ1) is 16.6. The number of allylic oxidation sites excluding steroid dienone is 1. The van der Waals surface area contributed by atoms with Crippen molar-refractivity contribution in [3.05, 3.63) is 88.2 Å². The molecule has 0 fully saturated rings.